The summed E-state index contributed by atoms with van der Waals surface area (Å²) in [6.07, 6.45) is 1.06. The van der Waals surface area contributed by atoms with Crippen LogP contribution in [0.5, 0.6) is 0 Å². The van der Waals surface area contributed by atoms with Crippen LogP contribution in [-0.2, 0) is 6.54 Å². The second-order valence-electron chi connectivity index (χ2n) is 4.46. The van der Waals surface area contributed by atoms with Crippen molar-refractivity contribution in [1.82, 2.24) is 5.32 Å². The van der Waals surface area contributed by atoms with Gasteiger partial charge in [0.1, 0.15) is 5.82 Å². The lowest BCUT2D eigenvalue weighted by atomic mass is 10.2. The Morgan fingerprint density at radius 2 is 1.90 bits per heavy atom. The molecule has 2 aromatic carbocycles. The van der Waals surface area contributed by atoms with Crippen molar-refractivity contribution in [1.29, 1.82) is 0 Å². The highest BCUT2D eigenvalue weighted by molar-refractivity contribution is 7.99. The highest BCUT2D eigenvalue weighted by atomic mass is 35.5. The van der Waals surface area contributed by atoms with Gasteiger partial charge in [0.05, 0.1) is 4.90 Å². The first-order valence-corrected chi connectivity index (χ1v) is 7.81. The van der Waals surface area contributed by atoms with E-state index >= 15 is 0 Å². The Balaban J connectivity index is 2.18. The Hall–Kier alpha value is -1.03. The van der Waals surface area contributed by atoms with Crippen LogP contribution in [0.2, 0.25) is 5.02 Å². The summed E-state index contributed by atoms with van der Waals surface area (Å²) in [6.45, 7) is 3.73. The molecule has 0 fully saturated rings. The summed E-state index contributed by atoms with van der Waals surface area (Å²) in [5.74, 6) is -0.180. The number of hydrogen-bond acceptors (Lipinski definition) is 2. The van der Waals surface area contributed by atoms with Gasteiger partial charge in [0, 0.05) is 16.5 Å². The highest BCUT2D eigenvalue weighted by Gasteiger charge is 2.10. The van der Waals surface area contributed by atoms with Gasteiger partial charge < -0.3 is 5.32 Å². The van der Waals surface area contributed by atoms with Crippen LogP contribution < -0.4 is 5.32 Å². The number of nitrogens with one attached hydrogen (secondary N) is 1. The molecule has 106 valence electrons. The van der Waals surface area contributed by atoms with Gasteiger partial charge >= 0.3 is 0 Å². The van der Waals surface area contributed by atoms with Crippen LogP contribution in [0.4, 0.5) is 4.39 Å². The zero-order valence-electron chi connectivity index (χ0n) is 11.3. The lowest BCUT2D eigenvalue weighted by Gasteiger charge is -2.11. The average Bonchev–Trinajstić information content (AvgIpc) is 2.45. The summed E-state index contributed by atoms with van der Waals surface area (Å²) < 4.78 is 14.0. The van der Waals surface area contributed by atoms with Gasteiger partial charge in [0.2, 0.25) is 0 Å². The van der Waals surface area contributed by atoms with Crippen molar-refractivity contribution in [2.24, 2.45) is 0 Å². The van der Waals surface area contributed by atoms with Crippen LogP contribution in [0.15, 0.2) is 52.3 Å². The van der Waals surface area contributed by atoms with Crippen molar-refractivity contribution in [2.45, 2.75) is 29.7 Å². The van der Waals surface area contributed by atoms with Crippen LogP contribution >= 0.6 is 23.4 Å². The van der Waals surface area contributed by atoms with E-state index in [1.165, 1.54) is 17.8 Å². The number of hydrogen-bond donors (Lipinski definition) is 1. The van der Waals surface area contributed by atoms with E-state index in [9.17, 15) is 4.39 Å². The molecule has 0 amide bonds. The van der Waals surface area contributed by atoms with Crippen molar-refractivity contribution in [3.63, 3.8) is 0 Å². The van der Waals surface area contributed by atoms with E-state index < -0.39 is 0 Å². The molecule has 1 N–H and O–H groups in total. The minimum Gasteiger partial charge on any atom is -0.313 e. The molecule has 2 aromatic rings. The van der Waals surface area contributed by atoms with Crippen molar-refractivity contribution < 1.29 is 4.39 Å². The van der Waals surface area contributed by atoms with Gasteiger partial charge in [0.15, 0.2) is 0 Å². The third kappa shape index (κ3) is 4.23. The third-order valence-electron chi connectivity index (χ3n) is 2.82. The Morgan fingerprint density at radius 3 is 2.60 bits per heavy atom. The largest absolute Gasteiger partial charge is 0.313 e. The number of halogens is 2. The second kappa shape index (κ2) is 7.67. The van der Waals surface area contributed by atoms with Crippen molar-refractivity contribution in [2.75, 3.05) is 6.54 Å². The van der Waals surface area contributed by atoms with Gasteiger partial charge in [-0.05, 0) is 48.9 Å². The molecule has 4 heteroatoms. The fourth-order valence-corrected chi connectivity index (χ4v) is 2.90. The van der Waals surface area contributed by atoms with Gasteiger partial charge in [-0.15, -0.1) is 0 Å². The second-order valence-corrected chi connectivity index (χ2v) is 5.98. The van der Waals surface area contributed by atoms with E-state index in [-0.39, 0.29) is 5.82 Å². The molecule has 0 aliphatic rings. The smallest absolute Gasteiger partial charge is 0.137 e. The van der Waals surface area contributed by atoms with Crippen LogP contribution in [-0.4, -0.2) is 6.54 Å². The molecule has 0 saturated carbocycles. The van der Waals surface area contributed by atoms with E-state index in [0.29, 0.717) is 16.5 Å². The molecule has 0 atom stereocenters. The Morgan fingerprint density at radius 1 is 1.15 bits per heavy atom. The first-order valence-electron chi connectivity index (χ1n) is 6.62. The molecule has 1 nitrogen and oxygen atoms in total. The fourth-order valence-electron chi connectivity index (χ4n) is 1.83. The van der Waals surface area contributed by atoms with Crippen LogP contribution in [0.3, 0.4) is 0 Å². The van der Waals surface area contributed by atoms with E-state index in [2.05, 4.69) is 12.2 Å². The number of benzene rings is 2. The maximum atomic E-state index is 14.0. The maximum Gasteiger partial charge on any atom is 0.137 e. The SMILES string of the molecule is CCCNCc1cccc(F)c1Sc1ccc(Cl)cc1. The standard InChI is InChI=1S/C16H17ClFNS/c1-2-10-19-11-12-4-3-5-15(18)16(12)20-14-8-6-13(17)7-9-14/h3-9,19H,2,10-11H2,1H3. The molecule has 0 saturated heterocycles. The molecule has 0 unspecified atom stereocenters. The maximum absolute atomic E-state index is 14.0. The Labute approximate surface area is 128 Å². The van der Waals surface area contributed by atoms with Gasteiger partial charge in [-0.1, -0.05) is 42.4 Å². The minimum atomic E-state index is -0.180. The van der Waals surface area contributed by atoms with Gasteiger partial charge in [-0.2, -0.15) is 0 Å². The predicted molar refractivity (Wildman–Crippen MR) is 84.0 cm³/mol. The molecule has 2 rings (SSSR count). The fraction of sp³-hybridized carbons (Fsp3) is 0.250. The van der Waals surface area contributed by atoms with E-state index in [1.807, 2.05) is 30.3 Å². The van der Waals surface area contributed by atoms with E-state index in [0.717, 1.165) is 23.4 Å². The van der Waals surface area contributed by atoms with Gasteiger partial charge in [0.25, 0.3) is 0 Å². The summed E-state index contributed by atoms with van der Waals surface area (Å²) in [6, 6.07) is 12.7. The van der Waals surface area contributed by atoms with Crippen LogP contribution in [0.25, 0.3) is 0 Å². The van der Waals surface area contributed by atoms with Crippen molar-refractivity contribution in [3.8, 4) is 0 Å². The summed E-state index contributed by atoms with van der Waals surface area (Å²) in [4.78, 5) is 1.66. The molecular formula is C16H17ClFNS. The molecule has 0 bridgehead atoms. The molecule has 0 aliphatic carbocycles. The van der Waals surface area contributed by atoms with Gasteiger partial charge in [-0.25, -0.2) is 4.39 Å². The first-order chi connectivity index (χ1) is 9.70. The quantitative estimate of drug-likeness (QED) is 0.742. The van der Waals surface area contributed by atoms with Gasteiger partial charge in [-0.3, -0.25) is 0 Å². The van der Waals surface area contributed by atoms with Crippen molar-refractivity contribution in [3.05, 3.63) is 58.9 Å². The summed E-state index contributed by atoms with van der Waals surface area (Å²) in [5, 5.41) is 4.00. The molecular weight excluding hydrogens is 293 g/mol. The zero-order valence-corrected chi connectivity index (χ0v) is 12.9. The molecule has 0 aliphatic heterocycles. The molecule has 0 aromatic heterocycles. The monoisotopic (exact) mass is 309 g/mol. The predicted octanol–water partition coefficient (Wildman–Crippen LogP) is 5.13. The molecule has 0 radical (unpaired) electrons. The highest BCUT2D eigenvalue weighted by Crippen LogP contribution is 2.33. The molecule has 20 heavy (non-hydrogen) atoms. The Bertz CT molecular complexity index is 557. The average molecular weight is 310 g/mol. The third-order valence-corrected chi connectivity index (χ3v) is 4.25. The summed E-state index contributed by atoms with van der Waals surface area (Å²) >= 11 is 7.30. The minimum absolute atomic E-state index is 0.180. The van der Waals surface area contributed by atoms with E-state index in [4.69, 9.17) is 11.6 Å². The molecule has 0 heterocycles. The Kier molecular flexibility index (Phi) is 5.89. The number of rotatable bonds is 6. The zero-order chi connectivity index (χ0) is 14.4. The lowest BCUT2D eigenvalue weighted by Crippen LogP contribution is -2.14. The lowest BCUT2D eigenvalue weighted by molar-refractivity contribution is 0.589. The summed E-state index contributed by atoms with van der Waals surface area (Å²) in [7, 11) is 0. The topological polar surface area (TPSA) is 12.0 Å². The van der Waals surface area contributed by atoms with E-state index in [1.54, 1.807) is 6.07 Å². The normalized spacial score (nSPS) is 10.8. The van der Waals surface area contributed by atoms with Crippen LogP contribution in [0, 0.1) is 5.82 Å². The van der Waals surface area contributed by atoms with Crippen molar-refractivity contribution >= 4 is 23.4 Å². The van der Waals surface area contributed by atoms with Crippen LogP contribution in [0.1, 0.15) is 18.9 Å². The summed E-state index contributed by atoms with van der Waals surface area (Å²) in [5.41, 5.74) is 0.985. The molecule has 0 spiro atoms. The first kappa shape index (κ1) is 15.4.